The number of amides is 1. The van der Waals surface area contributed by atoms with Gasteiger partial charge in [0.05, 0.1) is 23.6 Å². The number of aliphatic hydroxyl groups excluding tert-OH is 3. The van der Waals surface area contributed by atoms with Crippen LogP contribution in [0.2, 0.25) is 0 Å². The number of aromatic carboxylic acids is 1. The number of nitrogens with two attached hydrogens (primary N) is 1. The molecule has 8 N–H and O–H groups in total. The van der Waals surface area contributed by atoms with Crippen molar-refractivity contribution in [2.24, 2.45) is 17.6 Å². The van der Waals surface area contributed by atoms with E-state index in [1.165, 1.54) is 32.0 Å². The molecule has 1 amide bonds. The summed E-state index contributed by atoms with van der Waals surface area (Å²) in [7, 11) is 2.83. The molecule has 0 unspecified atom stereocenters. The number of carbonyl (C=O) groups excluding carboxylic acids is 3. The number of nitrogens with zero attached hydrogens (tertiary/aromatic N) is 1. The van der Waals surface area contributed by atoms with E-state index in [1.807, 2.05) is 0 Å². The number of carboxylic acid groups (broad SMARTS) is 1. The maximum Gasteiger partial charge on any atom is 0.339 e. The quantitative estimate of drug-likeness (QED) is 0.261. The highest BCUT2D eigenvalue weighted by atomic mass is 16.4. The molecule has 0 saturated heterocycles. The van der Waals surface area contributed by atoms with Crippen molar-refractivity contribution in [3.8, 4) is 5.75 Å². The molecule has 36 heavy (non-hydrogen) atoms. The van der Waals surface area contributed by atoms with Crippen LogP contribution >= 0.6 is 0 Å². The molecule has 6 atom stereocenters. The normalized spacial score (nSPS) is 31.8. The Morgan fingerprint density at radius 2 is 1.72 bits per heavy atom. The van der Waals surface area contributed by atoms with Crippen LogP contribution in [0.4, 0.5) is 0 Å². The Morgan fingerprint density at radius 3 is 2.22 bits per heavy atom. The first-order valence-electron chi connectivity index (χ1n) is 11.0. The number of rotatable bonds is 3. The smallest absolute Gasteiger partial charge is 0.339 e. The zero-order chi connectivity index (χ0) is 27.2. The summed E-state index contributed by atoms with van der Waals surface area (Å²) in [5, 5.41) is 65.3. The van der Waals surface area contributed by atoms with Crippen molar-refractivity contribution in [2.75, 3.05) is 14.1 Å². The minimum Gasteiger partial charge on any atom is -0.508 e. The van der Waals surface area contributed by atoms with Gasteiger partial charge in [0.1, 0.15) is 28.4 Å². The number of fused-ring (bicyclic) bond motifs is 3. The number of aliphatic hydroxyl groups is 4. The maximum absolute atomic E-state index is 13.8. The zero-order valence-corrected chi connectivity index (χ0v) is 19.8. The van der Waals surface area contributed by atoms with Gasteiger partial charge in [-0.05, 0) is 44.1 Å². The van der Waals surface area contributed by atoms with Crippen molar-refractivity contribution in [1.29, 1.82) is 0 Å². The third-order valence-electron chi connectivity index (χ3n) is 7.66. The van der Waals surface area contributed by atoms with Crippen molar-refractivity contribution in [2.45, 2.75) is 37.5 Å². The summed E-state index contributed by atoms with van der Waals surface area (Å²) in [6, 6.07) is -0.257. The first-order chi connectivity index (χ1) is 16.6. The minimum absolute atomic E-state index is 0.266. The van der Waals surface area contributed by atoms with Crippen molar-refractivity contribution in [3.05, 3.63) is 45.2 Å². The van der Waals surface area contributed by atoms with E-state index in [-0.39, 0.29) is 11.1 Å². The topological polar surface area (TPSA) is 219 Å². The van der Waals surface area contributed by atoms with Crippen LogP contribution in [0.5, 0.6) is 5.75 Å². The molecule has 0 heterocycles. The molecule has 12 nitrogen and oxygen atoms in total. The fourth-order valence-corrected chi connectivity index (χ4v) is 6.18. The second kappa shape index (κ2) is 7.88. The van der Waals surface area contributed by atoms with Crippen LogP contribution in [0.15, 0.2) is 23.0 Å². The maximum atomic E-state index is 13.8. The van der Waals surface area contributed by atoms with Crippen LogP contribution in [0, 0.1) is 18.8 Å². The van der Waals surface area contributed by atoms with Crippen LogP contribution in [-0.4, -0.2) is 90.8 Å². The highest BCUT2D eigenvalue weighted by Gasteiger charge is 2.68. The van der Waals surface area contributed by atoms with Crippen LogP contribution in [0.3, 0.4) is 0 Å². The van der Waals surface area contributed by atoms with Gasteiger partial charge < -0.3 is 36.4 Å². The third kappa shape index (κ3) is 2.92. The standard InChI is InChI=1S/C24H26N2O10/c1-6-5-8(23(34)35)16(27)11-9(6)7(2)10-12(17(11)28)20(31)24(36)14(18(10)29)15(26(3)4)19(30)13(21(24)32)22(25)33/h5,7,10,14-15,18,27-29,32,36H,1-4H3,(H2,25,33)(H,34,35)/t7-,10+,14+,15-,18-,24-/m0/s1. The average Bonchev–Trinajstić information content (AvgIpc) is 2.77. The molecule has 1 saturated carbocycles. The summed E-state index contributed by atoms with van der Waals surface area (Å²) < 4.78 is 0. The summed E-state index contributed by atoms with van der Waals surface area (Å²) in [5.74, 6) is -12.0. The Morgan fingerprint density at radius 1 is 1.14 bits per heavy atom. The highest BCUT2D eigenvalue weighted by Crippen LogP contribution is 2.56. The molecular formula is C24H26N2O10. The van der Waals surface area contributed by atoms with Crippen LogP contribution < -0.4 is 5.73 Å². The molecule has 1 fully saturated rings. The lowest BCUT2D eigenvalue weighted by Crippen LogP contribution is -2.70. The van der Waals surface area contributed by atoms with E-state index in [1.54, 1.807) is 6.92 Å². The molecule has 0 spiro atoms. The van der Waals surface area contributed by atoms with Gasteiger partial charge in [-0.2, -0.15) is 0 Å². The van der Waals surface area contributed by atoms with Crippen molar-refractivity contribution in [3.63, 3.8) is 0 Å². The molecule has 0 aliphatic heterocycles. The molecule has 12 heteroatoms. The monoisotopic (exact) mass is 502 g/mol. The number of aromatic hydroxyl groups is 1. The number of aryl methyl sites for hydroxylation is 1. The molecule has 0 radical (unpaired) electrons. The number of Topliss-reactive ketones (excluding diaryl/α,β-unsaturated/α-hetero) is 2. The molecule has 0 bridgehead atoms. The number of primary amides is 1. The number of benzene rings is 1. The summed E-state index contributed by atoms with van der Waals surface area (Å²) >= 11 is 0. The summed E-state index contributed by atoms with van der Waals surface area (Å²) in [4.78, 5) is 51.9. The number of carbonyl (C=O) groups is 4. The van der Waals surface area contributed by atoms with E-state index in [2.05, 4.69) is 0 Å². The second-order valence-corrected chi connectivity index (χ2v) is 9.73. The number of phenols is 1. The van der Waals surface area contributed by atoms with Gasteiger partial charge in [0.25, 0.3) is 5.91 Å². The van der Waals surface area contributed by atoms with E-state index in [0.29, 0.717) is 5.56 Å². The Balaban J connectivity index is 2.10. The highest BCUT2D eigenvalue weighted by molar-refractivity contribution is 6.24. The molecule has 3 aliphatic rings. The SMILES string of the molecule is Cc1cc(C(=O)O)c(O)c2c1[C@H](C)[C@@H]1C(=C2O)C(=O)[C@]2(O)C(O)=C(C(N)=O)C(=O)[C@@H](N(C)C)[C@@H]2[C@H]1O. The zero-order valence-electron chi connectivity index (χ0n) is 19.8. The minimum atomic E-state index is -3.03. The summed E-state index contributed by atoms with van der Waals surface area (Å²) in [5.41, 5.74) is 0.357. The predicted molar refractivity (Wildman–Crippen MR) is 122 cm³/mol. The van der Waals surface area contributed by atoms with E-state index in [0.717, 1.165) is 0 Å². The number of hydrogen-bond donors (Lipinski definition) is 7. The van der Waals surface area contributed by atoms with Gasteiger partial charge in [-0.3, -0.25) is 19.3 Å². The first-order valence-corrected chi connectivity index (χ1v) is 11.0. The number of likely N-dealkylation sites (N-methyl/N-ethyl adjacent to an activating group) is 1. The van der Waals surface area contributed by atoms with Gasteiger partial charge in [-0.25, -0.2) is 4.79 Å². The average molecular weight is 502 g/mol. The van der Waals surface area contributed by atoms with Crippen LogP contribution in [-0.2, 0) is 14.4 Å². The molecule has 0 aromatic heterocycles. The summed E-state index contributed by atoms with van der Waals surface area (Å²) in [6.07, 6.45) is -1.72. The van der Waals surface area contributed by atoms with Gasteiger partial charge in [0, 0.05) is 11.5 Å². The largest absolute Gasteiger partial charge is 0.508 e. The number of carboxylic acids is 1. The van der Waals surface area contributed by atoms with Gasteiger partial charge in [0.15, 0.2) is 11.4 Å². The molecular weight excluding hydrogens is 476 g/mol. The van der Waals surface area contributed by atoms with E-state index in [4.69, 9.17) is 5.73 Å². The van der Waals surface area contributed by atoms with Crippen molar-refractivity contribution < 1.29 is 49.8 Å². The van der Waals surface area contributed by atoms with Crippen LogP contribution in [0.25, 0.3) is 5.76 Å². The van der Waals surface area contributed by atoms with Gasteiger partial charge >= 0.3 is 5.97 Å². The lowest BCUT2D eigenvalue weighted by Gasteiger charge is -2.53. The van der Waals surface area contributed by atoms with Gasteiger partial charge in [-0.1, -0.05) is 6.92 Å². The van der Waals surface area contributed by atoms with Crippen molar-refractivity contribution >= 4 is 29.2 Å². The fourth-order valence-electron chi connectivity index (χ4n) is 6.18. The van der Waals surface area contributed by atoms with Crippen LogP contribution in [0.1, 0.15) is 39.9 Å². The van der Waals surface area contributed by atoms with Gasteiger partial charge in [-0.15, -0.1) is 0 Å². The fraction of sp³-hybridized carbons (Fsp3) is 0.417. The Hall–Kier alpha value is -3.74. The Bertz CT molecular complexity index is 1330. The Labute approximate surface area is 204 Å². The van der Waals surface area contributed by atoms with E-state index >= 15 is 0 Å². The molecule has 3 aliphatic carbocycles. The van der Waals surface area contributed by atoms with E-state index < -0.39 is 92.9 Å². The lowest BCUT2D eigenvalue weighted by molar-refractivity contribution is -0.169. The molecule has 4 rings (SSSR count). The van der Waals surface area contributed by atoms with Gasteiger partial charge in [0.2, 0.25) is 5.78 Å². The molecule has 1 aromatic rings. The van der Waals surface area contributed by atoms with E-state index in [9.17, 15) is 49.8 Å². The molecule has 1 aromatic carbocycles. The van der Waals surface area contributed by atoms with Crippen molar-refractivity contribution in [1.82, 2.24) is 4.90 Å². The summed E-state index contributed by atoms with van der Waals surface area (Å²) in [6.45, 7) is 3.11. The molecule has 192 valence electrons. The second-order valence-electron chi connectivity index (χ2n) is 9.73. The predicted octanol–water partition coefficient (Wildman–Crippen LogP) is -0.498. The third-order valence-corrected chi connectivity index (χ3v) is 7.66. The lowest BCUT2D eigenvalue weighted by atomic mass is 9.54. The number of hydrogen-bond acceptors (Lipinski definition) is 10. The first kappa shape index (κ1) is 25.4. The Kier molecular flexibility index (Phi) is 5.55. The number of ketones is 2.